The highest BCUT2D eigenvalue weighted by Crippen LogP contribution is 1.97. The Labute approximate surface area is 78.2 Å². The summed E-state index contributed by atoms with van der Waals surface area (Å²) in [6, 6.07) is -0.174. The fourth-order valence-electron chi connectivity index (χ4n) is 0.676. The van der Waals surface area contributed by atoms with Crippen LogP contribution in [-0.4, -0.2) is 39.0 Å². The molecule has 0 bridgehead atoms. The Bertz CT molecular complexity index is 258. The minimum Gasteiger partial charge on any atom is -0.468 e. The van der Waals surface area contributed by atoms with Crippen LogP contribution in [0.2, 0.25) is 0 Å². The third kappa shape index (κ3) is 6.53. The summed E-state index contributed by atoms with van der Waals surface area (Å²) in [7, 11) is -2.19. The molecule has 0 aliphatic carbocycles. The van der Waals surface area contributed by atoms with Crippen LogP contribution >= 0.6 is 0 Å². The third-order valence-electron chi connectivity index (χ3n) is 1.45. The zero-order valence-corrected chi connectivity index (χ0v) is 8.63. The first-order valence-electron chi connectivity index (χ1n) is 3.90. The van der Waals surface area contributed by atoms with Crippen LogP contribution in [0.25, 0.3) is 0 Å². The lowest BCUT2D eigenvalue weighted by Gasteiger charge is -2.05. The van der Waals surface area contributed by atoms with Gasteiger partial charge in [0, 0.05) is 6.04 Å². The first-order chi connectivity index (χ1) is 5.87. The van der Waals surface area contributed by atoms with Gasteiger partial charge in [-0.3, -0.25) is 4.79 Å². The number of methoxy groups -OCH3 is 1. The molecule has 0 radical (unpaired) electrons. The molecule has 0 aromatic heterocycles. The second-order valence-corrected chi connectivity index (χ2v) is 5.12. The minimum absolute atomic E-state index is 0.0697. The number of carbonyl (C=O) groups is 1. The monoisotopic (exact) mass is 209 g/mol. The molecule has 0 saturated carbocycles. The summed E-state index contributed by atoms with van der Waals surface area (Å²) in [6.07, 6.45) is 0.360. The lowest BCUT2D eigenvalue weighted by atomic mass is 10.3. The van der Waals surface area contributed by atoms with Gasteiger partial charge in [0.05, 0.1) is 12.9 Å². The molecular weight excluding hydrogens is 194 g/mol. The smallest absolute Gasteiger partial charge is 0.320 e. The van der Waals surface area contributed by atoms with Gasteiger partial charge in [0.1, 0.15) is 5.75 Å². The summed E-state index contributed by atoms with van der Waals surface area (Å²) in [6.45, 7) is 1.72. The molecule has 0 amide bonds. The van der Waals surface area contributed by atoms with Crippen LogP contribution in [0.15, 0.2) is 0 Å². The number of rotatable bonds is 5. The van der Waals surface area contributed by atoms with Crippen LogP contribution in [0, 0.1) is 0 Å². The molecular formula is C7H15NO4S. The molecule has 0 aromatic carbocycles. The van der Waals surface area contributed by atoms with E-state index in [0.717, 1.165) is 7.11 Å². The second kappa shape index (κ2) is 5.18. The molecule has 0 aliphatic rings. The Morgan fingerprint density at radius 1 is 1.54 bits per heavy atom. The van der Waals surface area contributed by atoms with Gasteiger partial charge in [-0.15, -0.1) is 0 Å². The maximum atomic E-state index is 11.1. The molecule has 0 rings (SSSR count). The van der Waals surface area contributed by atoms with Gasteiger partial charge in [0.25, 0.3) is 0 Å². The zero-order chi connectivity index (χ0) is 10.5. The normalized spacial score (nSPS) is 13.8. The molecule has 0 fully saturated rings. The van der Waals surface area contributed by atoms with E-state index < -0.39 is 21.6 Å². The van der Waals surface area contributed by atoms with E-state index in [2.05, 4.69) is 4.74 Å². The van der Waals surface area contributed by atoms with Crippen molar-refractivity contribution in [3.8, 4) is 0 Å². The maximum absolute atomic E-state index is 11.1. The SMILES string of the molecule is COC(=O)CS(=O)(=O)CCC(C)N. The summed E-state index contributed by atoms with van der Waals surface area (Å²) in [4.78, 5) is 10.6. The fraction of sp³-hybridized carbons (Fsp3) is 0.857. The van der Waals surface area contributed by atoms with Crippen LogP contribution in [-0.2, 0) is 19.4 Å². The lowest BCUT2D eigenvalue weighted by Crippen LogP contribution is -2.24. The quantitative estimate of drug-likeness (QED) is 0.606. The Morgan fingerprint density at radius 2 is 2.08 bits per heavy atom. The molecule has 1 unspecified atom stereocenters. The van der Waals surface area contributed by atoms with E-state index in [1.54, 1.807) is 6.92 Å². The van der Waals surface area contributed by atoms with Crippen molar-refractivity contribution >= 4 is 15.8 Å². The minimum atomic E-state index is -3.34. The number of hydrogen-bond donors (Lipinski definition) is 1. The number of ether oxygens (including phenoxy) is 1. The Hall–Kier alpha value is -0.620. The van der Waals surface area contributed by atoms with E-state index in [9.17, 15) is 13.2 Å². The predicted molar refractivity (Wildman–Crippen MR) is 48.9 cm³/mol. The summed E-state index contributed by atoms with van der Waals surface area (Å²) >= 11 is 0. The molecule has 0 heterocycles. The first kappa shape index (κ1) is 12.4. The molecule has 5 nitrogen and oxygen atoms in total. The van der Waals surface area contributed by atoms with Gasteiger partial charge < -0.3 is 10.5 Å². The average molecular weight is 209 g/mol. The number of nitrogens with two attached hydrogens (primary N) is 1. The highest BCUT2D eigenvalue weighted by atomic mass is 32.2. The van der Waals surface area contributed by atoms with Gasteiger partial charge in [-0.25, -0.2) is 8.42 Å². The van der Waals surface area contributed by atoms with Crippen molar-refractivity contribution in [1.82, 2.24) is 0 Å². The molecule has 0 aromatic rings. The molecule has 13 heavy (non-hydrogen) atoms. The Kier molecular flexibility index (Phi) is 4.94. The van der Waals surface area contributed by atoms with E-state index in [-0.39, 0.29) is 11.8 Å². The number of hydrogen-bond acceptors (Lipinski definition) is 5. The average Bonchev–Trinajstić information content (AvgIpc) is 2.00. The number of sulfone groups is 1. The van der Waals surface area contributed by atoms with Crippen molar-refractivity contribution in [3.05, 3.63) is 0 Å². The van der Waals surface area contributed by atoms with Gasteiger partial charge in [0.2, 0.25) is 0 Å². The third-order valence-corrected chi connectivity index (χ3v) is 2.98. The summed E-state index contributed by atoms with van der Waals surface area (Å²) in [5.41, 5.74) is 5.38. The summed E-state index contributed by atoms with van der Waals surface area (Å²) < 4.78 is 26.5. The van der Waals surface area contributed by atoms with Crippen LogP contribution in [0.3, 0.4) is 0 Å². The molecule has 0 aliphatic heterocycles. The van der Waals surface area contributed by atoms with Crippen LogP contribution in [0.5, 0.6) is 0 Å². The second-order valence-electron chi connectivity index (χ2n) is 2.93. The van der Waals surface area contributed by atoms with Gasteiger partial charge in [-0.1, -0.05) is 0 Å². The van der Waals surface area contributed by atoms with E-state index in [1.165, 1.54) is 0 Å². The largest absolute Gasteiger partial charge is 0.468 e. The maximum Gasteiger partial charge on any atom is 0.320 e. The lowest BCUT2D eigenvalue weighted by molar-refractivity contribution is -0.137. The molecule has 0 saturated heterocycles. The van der Waals surface area contributed by atoms with Crippen LogP contribution in [0.4, 0.5) is 0 Å². The van der Waals surface area contributed by atoms with Crippen LogP contribution in [0.1, 0.15) is 13.3 Å². The molecule has 6 heteroatoms. The van der Waals surface area contributed by atoms with Crippen molar-refractivity contribution in [3.63, 3.8) is 0 Å². The zero-order valence-electron chi connectivity index (χ0n) is 7.82. The van der Waals surface area contributed by atoms with E-state index in [4.69, 9.17) is 5.73 Å². The summed E-state index contributed by atoms with van der Waals surface area (Å²) in [5, 5.41) is 0. The van der Waals surface area contributed by atoms with Crippen LogP contribution < -0.4 is 5.73 Å². The molecule has 0 spiro atoms. The first-order valence-corrected chi connectivity index (χ1v) is 5.72. The number of esters is 1. The highest BCUT2D eigenvalue weighted by molar-refractivity contribution is 7.92. The predicted octanol–water partition coefficient (Wildman–Crippen LogP) is -0.688. The van der Waals surface area contributed by atoms with Crippen molar-refractivity contribution in [1.29, 1.82) is 0 Å². The standard InChI is InChI=1S/C7H15NO4S/c1-6(8)3-4-13(10,11)5-7(9)12-2/h6H,3-5,8H2,1-2H3. The van der Waals surface area contributed by atoms with Gasteiger partial charge >= 0.3 is 5.97 Å². The highest BCUT2D eigenvalue weighted by Gasteiger charge is 2.17. The Balaban J connectivity index is 4.02. The Morgan fingerprint density at radius 3 is 2.46 bits per heavy atom. The molecule has 78 valence electrons. The number of carbonyl (C=O) groups excluding carboxylic acids is 1. The topological polar surface area (TPSA) is 86.5 Å². The van der Waals surface area contributed by atoms with Gasteiger partial charge in [0.15, 0.2) is 9.84 Å². The summed E-state index contributed by atoms with van der Waals surface area (Å²) in [5.74, 6) is -1.36. The van der Waals surface area contributed by atoms with E-state index in [0.29, 0.717) is 6.42 Å². The van der Waals surface area contributed by atoms with Crippen molar-refractivity contribution in [2.45, 2.75) is 19.4 Å². The van der Waals surface area contributed by atoms with Crippen molar-refractivity contribution in [2.24, 2.45) is 5.73 Å². The fourth-order valence-corrected chi connectivity index (χ4v) is 2.03. The molecule has 2 N–H and O–H groups in total. The molecule has 1 atom stereocenters. The van der Waals surface area contributed by atoms with Gasteiger partial charge in [-0.05, 0) is 13.3 Å². The van der Waals surface area contributed by atoms with E-state index >= 15 is 0 Å². The van der Waals surface area contributed by atoms with Crippen molar-refractivity contribution in [2.75, 3.05) is 18.6 Å². The van der Waals surface area contributed by atoms with Gasteiger partial charge in [-0.2, -0.15) is 0 Å². The van der Waals surface area contributed by atoms with Crippen molar-refractivity contribution < 1.29 is 17.9 Å². The van der Waals surface area contributed by atoms with E-state index in [1.807, 2.05) is 0 Å².